The predicted octanol–water partition coefficient (Wildman–Crippen LogP) is 3.47. The normalized spacial score (nSPS) is 23.5. The summed E-state index contributed by atoms with van der Waals surface area (Å²) in [6, 6.07) is 9.83. The Bertz CT molecular complexity index is 414. The Morgan fingerprint density at radius 3 is 2.57 bits per heavy atom. The Balaban J connectivity index is 2.23. The van der Waals surface area contributed by atoms with Crippen LogP contribution in [0.15, 0.2) is 24.3 Å². The van der Waals surface area contributed by atoms with Gasteiger partial charge in [-0.15, -0.1) is 0 Å². The molecule has 2 rings (SSSR count). The van der Waals surface area contributed by atoms with Crippen LogP contribution < -0.4 is 10.1 Å². The van der Waals surface area contributed by atoms with Gasteiger partial charge < -0.3 is 10.1 Å². The van der Waals surface area contributed by atoms with Gasteiger partial charge >= 0.3 is 0 Å². The van der Waals surface area contributed by atoms with Crippen molar-refractivity contribution in [3.8, 4) is 5.75 Å². The molecule has 21 heavy (non-hydrogen) atoms. The molecule has 1 N–H and O–H groups in total. The molecule has 1 saturated heterocycles. The van der Waals surface area contributed by atoms with E-state index >= 15 is 0 Å². The zero-order valence-corrected chi connectivity index (χ0v) is 13.9. The van der Waals surface area contributed by atoms with Gasteiger partial charge in [0.25, 0.3) is 0 Å². The van der Waals surface area contributed by atoms with Crippen molar-refractivity contribution < 1.29 is 4.74 Å². The van der Waals surface area contributed by atoms with E-state index in [1.165, 1.54) is 24.9 Å². The molecule has 1 aliphatic heterocycles. The van der Waals surface area contributed by atoms with Gasteiger partial charge in [0.05, 0.1) is 6.61 Å². The van der Waals surface area contributed by atoms with Crippen LogP contribution in [0.25, 0.3) is 0 Å². The van der Waals surface area contributed by atoms with E-state index in [4.69, 9.17) is 4.74 Å². The quantitative estimate of drug-likeness (QED) is 0.868. The minimum Gasteiger partial charge on any atom is -0.494 e. The van der Waals surface area contributed by atoms with Crippen molar-refractivity contribution in [1.29, 1.82) is 0 Å². The van der Waals surface area contributed by atoms with Crippen LogP contribution in [0.4, 0.5) is 0 Å². The van der Waals surface area contributed by atoms with Crippen molar-refractivity contribution >= 4 is 0 Å². The van der Waals surface area contributed by atoms with Crippen molar-refractivity contribution in [2.75, 3.05) is 26.7 Å². The van der Waals surface area contributed by atoms with Crippen molar-refractivity contribution in [2.45, 2.75) is 45.7 Å². The maximum atomic E-state index is 5.57. The number of hydrogen-bond acceptors (Lipinski definition) is 3. The van der Waals surface area contributed by atoms with Crippen LogP contribution in [0, 0.1) is 5.92 Å². The van der Waals surface area contributed by atoms with Crippen LogP contribution in [-0.2, 0) is 0 Å². The fraction of sp³-hybridized carbons (Fsp3) is 0.667. The molecular weight excluding hydrogens is 260 g/mol. The second-order valence-corrected chi connectivity index (χ2v) is 6.24. The van der Waals surface area contributed by atoms with Gasteiger partial charge in [-0.1, -0.05) is 12.1 Å². The number of ether oxygens (including phenoxy) is 1. The van der Waals surface area contributed by atoms with Gasteiger partial charge in [0.1, 0.15) is 5.75 Å². The molecule has 0 aromatic heterocycles. The lowest BCUT2D eigenvalue weighted by molar-refractivity contribution is 0.0636. The first-order chi connectivity index (χ1) is 10.2. The maximum Gasteiger partial charge on any atom is 0.119 e. The first kappa shape index (κ1) is 16.3. The standard InChI is InChI=1S/C18H30N2O/c1-5-21-17-10-8-15(9-11-17)18-16(13-19-4)7-6-12-20(18)14(2)3/h8-11,14,16,18-19H,5-7,12-13H2,1-4H3. The molecule has 1 aromatic carbocycles. The van der Waals surface area contributed by atoms with E-state index < -0.39 is 0 Å². The third kappa shape index (κ3) is 3.98. The van der Waals surface area contributed by atoms with E-state index in [2.05, 4.69) is 55.4 Å². The van der Waals surface area contributed by atoms with E-state index in [9.17, 15) is 0 Å². The highest BCUT2D eigenvalue weighted by molar-refractivity contribution is 5.30. The zero-order valence-electron chi connectivity index (χ0n) is 13.9. The number of piperidine rings is 1. The lowest BCUT2D eigenvalue weighted by Crippen LogP contribution is -2.45. The highest BCUT2D eigenvalue weighted by Crippen LogP contribution is 2.37. The minimum atomic E-state index is 0.516. The smallest absolute Gasteiger partial charge is 0.119 e. The molecule has 0 amide bonds. The molecule has 1 heterocycles. The largest absolute Gasteiger partial charge is 0.494 e. The number of hydrogen-bond donors (Lipinski definition) is 1. The molecule has 1 aromatic rings. The summed E-state index contributed by atoms with van der Waals surface area (Å²) in [6.07, 6.45) is 2.61. The Labute approximate surface area is 129 Å². The first-order valence-corrected chi connectivity index (χ1v) is 8.30. The number of nitrogens with zero attached hydrogens (tertiary/aromatic N) is 1. The molecule has 1 fully saturated rings. The lowest BCUT2D eigenvalue weighted by Gasteiger charge is -2.44. The van der Waals surface area contributed by atoms with Gasteiger partial charge in [0, 0.05) is 12.1 Å². The van der Waals surface area contributed by atoms with Crippen molar-refractivity contribution in [3.63, 3.8) is 0 Å². The minimum absolute atomic E-state index is 0.516. The Morgan fingerprint density at radius 1 is 1.29 bits per heavy atom. The van der Waals surface area contributed by atoms with E-state index in [0.29, 0.717) is 18.0 Å². The summed E-state index contributed by atoms with van der Waals surface area (Å²) in [4.78, 5) is 2.65. The van der Waals surface area contributed by atoms with Crippen LogP contribution in [0.3, 0.4) is 0 Å². The molecular formula is C18H30N2O. The molecule has 2 atom stereocenters. The maximum absolute atomic E-state index is 5.57. The van der Waals surface area contributed by atoms with E-state index in [-0.39, 0.29) is 0 Å². The van der Waals surface area contributed by atoms with Gasteiger partial charge in [-0.2, -0.15) is 0 Å². The topological polar surface area (TPSA) is 24.5 Å². The monoisotopic (exact) mass is 290 g/mol. The molecule has 3 heteroatoms. The van der Waals surface area contributed by atoms with Crippen LogP contribution in [0.2, 0.25) is 0 Å². The summed E-state index contributed by atoms with van der Waals surface area (Å²) in [6.45, 7) is 9.66. The van der Waals surface area contributed by atoms with Crippen LogP contribution in [0.1, 0.15) is 45.2 Å². The summed E-state index contributed by atoms with van der Waals surface area (Å²) in [5.74, 6) is 1.66. The molecule has 0 aliphatic carbocycles. The highest BCUT2D eigenvalue weighted by atomic mass is 16.5. The third-order valence-corrected chi connectivity index (χ3v) is 4.46. The van der Waals surface area contributed by atoms with Crippen molar-refractivity contribution in [1.82, 2.24) is 10.2 Å². The second-order valence-electron chi connectivity index (χ2n) is 6.24. The number of rotatable bonds is 6. The van der Waals surface area contributed by atoms with Gasteiger partial charge in [0.15, 0.2) is 0 Å². The lowest BCUT2D eigenvalue weighted by atomic mass is 9.83. The Hall–Kier alpha value is -1.06. The summed E-state index contributed by atoms with van der Waals surface area (Å²) in [7, 11) is 2.06. The van der Waals surface area contributed by atoms with E-state index in [1.54, 1.807) is 0 Å². The predicted molar refractivity (Wildman–Crippen MR) is 88.8 cm³/mol. The molecule has 0 bridgehead atoms. The van der Waals surface area contributed by atoms with Gasteiger partial charge in [-0.05, 0) is 77.4 Å². The van der Waals surface area contributed by atoms with Crippen LogP contribution in [0.5, 0.6) is 5.75 Å². The molecule has 0 spiro atoms. The molecule has 0 radical (unpaired) electrons. The van der Waals surface area contributed by atoms with Gasteiger partial charge in [-0.3, -0.25) is 4.90 Å². The summed E-state index contributed by atoms with van der Waals surface area (Å²) < 4.78 is 5.57. The van der Waals surface area contributed by atoms with E-state index in [1.807, 2.05) is 6.92 Å². The molecule has 1 aliphatic rings. The Kier molecular flexibility index (Phi) is 6.07. The average molecular weight is 290 g/mol. The van der Waals surface area contributed by atoms with Crippen molar-refractivity contribution in [3.05, 3.63) is 29.8 Å². The van der Waals surface area contributed by atoms with Gasteiger partial charge in [-0.25, -0.2) is 0 Å². The third-order valence-electron chi connectivity index (χ3n) is 4.46. The second kappa shape index (κ2) is 7.81. The fourth-order valence-electron chi connectivity index (χ4n) is 3.55. The number of likely N-dealkylation sites (tertiary alicyclic amines) is 1. The van der Waals surface area contributed by atoms with Crippen LogP contribution >= 0.6 is 0 Å². The van der Waals surface area contributed by atoms with Crippen molar-refractivity contribution in [2.24, 2.45) is 5.92 Å². The summed E-state index contributed by atoms with van der Waals surface area (Å²) >= 11 is 0. The summed E-state index contributed by atoms with van der Waals surface area (Å²) in [5, 5.41) is 3.38. The first-order valence-electron chi connectivity index (χ1n) is 8.30. The zero-order chi connectivity index (χ0) is 15.2. The Morgan fingerprint density at radius 2 is 2.00 bits per heavy atom. The van der Waals surface area contributed by atoms with E-state index in [0.717, 1.165) is 18.9 Å². The fourth-order valence-corrected chi connectivity index (χ4v) is 3.55. The molecule has 3 nitrogen and oxygen atoms in total. The van der Waals surface area contributed by atoms with Gasteiger partial charge in [0.2, 0.25) is 0 Å². The SMILES string of the molecule is CCOc1ccc(C2C(CNC)CCCN2C(C)C)cc1. The van der Waals surface area contributed by atoms with Crippen LogP contribution in [-0.4, -0.2) is 37.7 Å². The number of nitrogens with one attached hydrogen (secondary N) is 1. The number of benzene rings is 1. The average Bonchev–Trinajstić information content (AvgIpc) is 2.48. The molecule has 118 valence electrons. The molecule has 2 unspecified atom stereocenters. The molecule has 0 saturated carbocycles. The summed E-state index contributed by atoms with van der Waals surface area (Å²) in [5.41, 5.74) is 1.42. The highest BCUT2D eigenvalue weighted by Gasteiger charge is 2.33.